The minimum Gasteiger partial charge on any atom is -0.386 e. The summed E-state index contributed by atoms with van der Waals surface area (Å²) in [4.78, 5) is 0. The molecule has 1 unspecified atom stereocenters. The van der Waals surface area contributed by atoms with Crippen LogP contribution in [0.25, 0.3) is 0 Å². The van der Waals surface area contributed by atoms with Gasteiger partial charge in [-0.3, -0.25) is 0 Å². The van der Waals surface area contributed by atoms with Gasteiger partial charge in [0.1, 0.15) is 17.6 Å². The van der Waals surface area contributed by atoms with Crippen LogP contribution in [0, 0.1) is 12.8 Å². The van der Waals surface area contributed by atoms with Gasteiger partial charge in [-0.1, -0.05) is 5.16 Å². The van der Waals surface area contributed by atoms with Gasteiger partial charge in [0.25, 0.3) is 0 Å². The molecule has 0 aliphatic carbocycles. The molecule has 1 aliphatic heterocycles. The fourth-order valence-electron chi connectivity index (χ4n) is 1.93. The van der Waals surface area contributed by atoms with Crippen LogP contribution in [0.4, 0.5) is 0 Å². The Morgan fingerprint density at radius 2 is 2.29 bits per heavy atom. The van der Waals surface area contributed by atoms with Crippen LogP contribution in [0.3, 0.4) is 0 Å². The van der Waals surface area contributed by atoms with Gasteiger partial charge in [-0.15, -0.1) is 0 Å². The highest BCUT2D eigenvalue weighted by atomic mass is 16.5. The molecule has 1 atom stereocenters. The largest absolute Gasteiger partial charge is 0.386 e. The standard InChI is InChI=1S/C10H16N2O2/c1-7-6-9(12-14-7)10(13)8-2-4-11-5-3-8/h6,8,10-11,13H,2-5H2,1H3. The lowest BCUT2D eigenvalue weighted by Gasteiger charge is -2.25. The van der Waals surface area contributed by atoms with Gasteiger partial charge in [0.05, 0.1) is 0 Å². The Morgan fingerprint density at radius 1 is 1.57 bits per heavy atom. The molecule has 4 heteroatoms. The van der Waals surface area contributed by atoms with Crippen molar-refractivity contribution in [1.29, 1.82) is 0 Å². The Bertz CT molecular complexity index is 292. The van der Waals surface area contributed by atoms with E-state index in [-0.39, 0.29) is 0 Å². The first kappa shape index (κ1) is 9.68. The van der Waals surface area contributed by atoms with Gasteiger partial charge in [0.15, 0.2) is 0 Å². The Labute approximate surface area is 83.3 Å². The number of rotatable bonds is 2. The van der Waals surface area contributed by atoms with Crippen LogP contribution >= 0.6 is 0 Å². The molecular formula is C10H16N2O2. The van der Waals surface area contributed by atoms with Gasteiger partial charge in [-0.2, -0.15) is 0 Å². The van der Waals surface area contributed by atoms with E-state index in [2.05, 4.69) is 10.5 Å². The molecule has 1 aliphatic rings. The summed E-state index contributed by atoms with van der Waals surface area (Å²) in [6.07, 6.45) is 1.55. The number of nitrogens with one attached hydrogen (secondary N) is 1. The maximum absolute atomic E-state index is 10.0. The van der Waals surface area contributed by atoms with E-state index in [4.69, 9.17) is 4.52 Å². The summed E-state index contributed by atoms with van der Waals surface area (Å²) < 4.78 is 4.95. The summed E-state index contributed by atoms with van der Waals surface area (Å²) in [6, 6.07) is 1.81. The van der Waals surface area contributed by atoms with Crippen LogP contribution in [0.2, 0.25) is 0 Å². The highest BCUT2D eigenvalue weighted by Crippen LogP contribution is 2.27. The Morgan fingerprint density at radius 3 is 2.86 bits per heavy atom. The van der Waals surface area contributed by atoms with Gasteiger partial charge in [0.2, 0.25) is 0 Å². The lowest BCUT2D eigenvalue weighted by Crippen LogP contribution is -2.30. The van der Waals surface area contributed by atoms with Crippen LogP contribution in [0.15, 0.2) is 10.6 Å². The number of aliphatic hydroxyl groups is 1. The minimum absolute atomic E-state index is 0.320. The maximum Gasteiger partial charge on any atom is 0.134 e. The zero-order valence-electron chi connectivity index (χ0n) is 8.36. The van der Waals surface area contributed by atoms with Crippen LogP contribution in [0.5, 0.6) is 0 Å². The van der Waals surface area contributed by atoms with Crippen LogP contribution < -0.4 is 5.32 Å². The van der Waals surface area contributed by atoms with Crippen LogP contribution in [0.1, 0.15) is 30.4 Å². The van der Waals surface area contributed by atoms with Crippen molar-refractivity contribution in [3.8, 4) is 0 Å². The van der Waals surface area contributed by atoms with Crippen molar-refractivity contribution in [3.63, 3.8) is 0 Å². The monoisotopic (exact) mass is 196 g/mol. The molecule has 0 radical (unpaired) electrons. The third-order valence-electron chi connectivity index (χ3n) is 2.78. The molecule has 2 heterocycles. The van der Waals surface area contributed by atoms with E-state index < -0.39 is 6.10 Å². The summed E-state index contributed by atoms with van der Waals surface area (Å²) in [7, 11) is 0. The molecule has 14 heavy (non-hydrogen) atoms. The van der Waals surface area contributed by atoms with E-state index in [9.17, 15) is 5.11 Å². The quantitative estimate of drug-likeness (QED) is 0.741. The zero-order valence-corrected chi connectivity index (χ0v) is 8.36. The van der Waals surface area contributed by atoms with E-state index in [0.29, 0.717) is 11.6 Å². The lowest BCUT2D eigenvalue weighted by molar-refractivity contribution is 0.0820. The lowest BCUT2D eigenvalue weighted by atomic mass is 9.90. The molecule has 78 valence electrons. The van der Waals surface area contributed by atoms with Gasteiger partial charge in [-0.05, 0) is 38.8 Å². The Balaban J connectivity index is 2.03. The summed E-state index contributed by atoms with van der Waals surface area (Å²) in [5, 5.41) is 17.1. The minimum atomic E-state index is -0.463. The summed E-state index contributed by atoms with van der Waals surface area (Å²) in [5.74, 6) is 1.08. The number of nitrogens with zero attached hydrogens (tertiary/aromatic N) is 1. The first-order valence-corrected chi connectivity index (χ1v) is 5.09. The Kier molecular flexibility index (Phi) is 2.84. The predicted molar refractivity (Wildman–Crippen MR) is 51.8 cm³/mol. The van der Waals surface area contributed by atoms with Crippen molar-refractivity contribution in [1.82, 2.24) is 10.5 Å². The second-order valence-electron chi connectivity index (χ2n) is 3.89. The Hall–Kier alpha value is -0.870. The van der Waals surface area contributed by atoms with Crippen molar-refractivity contribution in [2.24, 2.45) is 5.92 Å². The van der Waals surface area contributed by atoms with Crippen molar-refractivity contribution in [2.45, 2.75) is 25.9 Å². The van der Waals surface area contributed by atoms with Crippen molar-refractivity contribution >= 4 is 0 Å². The summed E-state index contributed by atoms with van der Waals surface area (Å²) in [6.45, 7) is 3.81. The maximum atomic E-state index is 10.0. The number of aryl methyl sites for hydroxylation is 1. The second-order valence-corrected chi connectivity index (χ2v) is 3.89. The predicted octanol–water partition coefficient (Wildman–Crippen LogP) is 1.02. The topological polar surface area (TPSA) is 58.3 Å². The molecule has 0 aromatic carbocycles. The third-order valence-corrected chi connectivity index (χ3v) is 2.78. The molecule has 2 rings (SSSR count). The zero-order chi connectivity index (χ0) is 9.97. The molecule has 1 aromatic heterocycles. The highest BCUT2D eigenvalue weighted by Gasteiger charge is 2.25. The van der Waals surface area contributed by atoms with Crippen LogP contribution in [-0.2, 0) is 0 Å². The first-order chi connectivity index (χ1) is 6.77. The molecule has 2 N–H and O–H groups in total. The van der Waals surface area contributed by atoms with Gasteiger partial charge in [-0.25, -0.2) is 0 Å². The molecule has 4 nitrogen and oxygen atoms in total. The van der Waals surface area contributed by atoms with Gasteiger partial charge < -0.3 is 14.9 Å². The van der Waals surface area contributed by atoms with Gasteiger partial charge in [0, 0.05) is 6.07 Å². The summed E-state index contributed by atoms with van der Waals surface area (Å²) >= 11 is 0. The molecule has 0 bridgehead atoms. The van der Waals surface area contributed by atoms with Crippen molar-refractivity contribution < 1.29 is 9.63 Å². The smallest absolute Gasteiger partial charge is 0.134 e. The fourth-order valence-corrected chi connectivity index (χ4v) is 1.93. The van der Waals surface area contributed by atoms with E-state index in [1.807, 2.05) is 13.0 Å². The molecule has 0 amide bonds. The highest BCUT2D eigenvalue weighted by molar-refractivity contribution is 5.08. The molecular weight excluding hydrogens is 180 g/mol. The van der Waals surface area contributed by atoms with E-state index in [1.54, 1.807) is 0 Å². The molecule has 0 saturated carbocycles. The van der Waals surface area contributed by atoms with Crippen molar-refractivity contribution in [3.05, 3.63) is 17.5 Å². The number of aliphatic hydroxyl groups excluding tert-OH is 1. The number of hydrogen-bond acceptors (Lipinski definition) is 4. The SMILES string of the molecule is Cc1cc(C(O)C2CCNCC2)no1. The van der Waals surface area contributed by atoms with Gasteiger partial charge >= 0.3 is 0 Å². The fraction of sp³-hybridized carbons (Fsp3) is 0.700. The normalized spacial score (nSPS) is 21.0. The van der Waals surface area contributed by atoms with Crippen LogP contribution in [-0.4, -0.2) is 23.4 Å². The molecule has 1 saturated heterocycles. The molecule has 0 spiro atoms. The average molecular weight is 196 g/mol. The first-order valence-electron chi connectivity index (χ1n) is 5.09. The number of aromatic nitrogens is 1. The third kappa shape index (κ3) is 1.96. The van der Waals surface area contributed by atoms with E-state index in [1.165, 1.54) is 0 Å². The molecule has 1 fully saturated rings. The number of hydrogen-bond donors (Lipinski definition) is 2. The average Bonchev–Trinajstić information content (AvgIpc) is 2.65. The molecule has 1 aromatic rings. The van der Waals surface area contributed by atoms with E-state index in [0.717, 1.165) is 31.7 Å². The summed E-state index contributed by atoms with van der Waals surface area (Å²) in [5.41, 5.74) is 0.675. The second kappa shape index (κ2) is 4.11. The number of piperidine rings is 1. The van der Waals surface area contributed by atoms with E-state index >= 15 is 0 Å². The van der Waals surface area contributed by atoms with Crippen molar-refractivity contribution in [2.75, 3.05) is 13.1 Å².